The lowest BCUT2D eigenvalue weighted by atomic mass is 10.2. The number of nitriles is 1. The van der Waals surface area contributed by atoms with E-state index in [1.54, 1.807) is 30.5 Å². The van der Waals surface area contributed by atoms with Crippen LogP contribution in [0.5, 0.6) is 0 Å². The number of halogens is 1. The number of nitrogens with one attached hydrogen (secondary N) is 1. The molecule has 0 radical (unpaired) electrons. The summed E-state index contributed by atoms with van der Waals surface area (Å²) in [7, 11) is 0. The number of nitrogens with zero attached hydrogens (tertiary/aromatic N) is 3. The van der Waals surface area contributed by atoms with Gasteiger partial charge < -0.3 is 5.32 Å². The topological polar surface area (TPSA) is 70.7 Å². The largest absolute Gasteiger partial charge is 0.326 e. The van der Waals surface area contributed by atoms with Crippen LogP contribution in [0.2, 0.25) is 0 Å². The van der Waals surface area contributed by atoms with Crippen molar-refractivity contribution in [1.29, 1.82) is 5.26 Å². The molecule has 2 rings (SSSR count). The van der Waals surface area contributed by atoms with Crippen molar-refractivity contribution in [2.24, 2.45) is 0 Å². The van der Waals surface area contributed by atoms with E-state index in [1.165, 1.54) is 0 Å². The zero-order valence-corrected chi connectivity index (χ0v) is 12.9. The number of aromatic nitrogens is 2. The zero-order valence-electron chi connectivity index (χ0n) is 10.7. The zero-order chi connectivity index (χ0) is 14.4. The van der Waals surface area contributed by atoms with E-state index < -0.39 is 0 Å². The van der Waals surface area contributed by atoms with Crippen LogP contribution in [0.25, 0.3) is 0 Å². The normalized spacial score (nSPS) is 10.0. The number of anilines is 1. The maximum absolute atomic E-state index is 11.8. The number of benzene rings is 1. The van der Waals surface area contributed by atoms with Gasteiger partial charge in [-0.1, -0.05) is 0 Å². The highest BCUT2D eigenvalue weighted by atomic mass is 127. The fourth-order valence-electron chi connectivity index (χ4n) is 1.71. The Morgan fingerprint density at radius 2 is 2.15 bits per heavy atom. The van der Waals surface area contributed by atoms with Crippen molar-refractivity contribution < 1.29 is 4.79 Å². The third-order valence-electron chi connectivity index (χ3n) is 2.69. The van der Waals surface area contributed by atoms with Crippen molar-refractivity contribution in [3.63, 3.8) is 0 Å². The molecule has 0 bridgehead atoms. The van der Waals surface area contributed by atoms with Crippen molar-refractivity contribution >= 4 is 34.2 Å². The Morgan fingerprint density at radius 1 is 1.40 bits per heavy atom. The molecule has 0 atom stereocenters. The molecule has 2 aromatic rings. The Kier molecular flexibility index (Phi) is 5.12. The summed E-state index contributed by atoms with van der Waals surface area (Å²) in [5.74, 6) is -0.0310. The molecule has 1 amide bonds. The molecule has 20 heavy (non-hydrogen) atoms. The minimum Gasteiger partial charge on any atom is -0.326 e. The van der Waals surface area contributed by atoms with E-state index >= 15 is 0 Å². The molecule has 0 fully saturated rings. The minimum atomic E-state index is -0.0310. The Labute approximate surface area is 130 Å². The van der Waals surface area contributed by atoms with Crippen LogP contribution in [-0.2, 0) is 11.3 Å². The smallest absolute Gasteiger partial charge is 0.224 e. The quantitative estimate of drug-likeness (QED) is 0.811. The van der Waals surface area contributed by atoms with E-state index in [0.717, 1.165) is 16.5 Å². The van der Waals surface area contributed by atoms with Crippen LogP contribution >= 0.6 is 22.6 Å². The first-order valence-electron chi connectivity index (χ1n) is 6.15. The fourth-order valence-corrected chi connectivity index (χ4v) is 2.16. The summed E-state index contributed by atoms with van der Waals surface area (Å²) < 4.78 is 2.92. The number of aryl methyl sites for hydroxylation is 1. The number of hydrogen-bond donors (Lipinski definition) is 1. The summed E-state index contributed by atoms with van der Waals surface area (Å²) in [4.78, 5) is 11.8. The third kappa shape index (κ3) is 4.35. The Hall–Kier alpha value is -1.88. The van der Waals surface area contributed by atoms with E-state index in [-0.39, 0.29) is 5.91 Å². The molecule has 6 heteroatoms. The monoisotopic (exact) mass is 380 g/mol. The van der Waals surface area contributed by atoms with Crippen LogP contribution in [0.4, 0.5) is 5.69 Å². The van der Waals surface area contributed by atoms with Gasteiger partial charge in [0.1, 0.15) is 0 Å². The third-order valence-corrected chi connectivity index (χ3v) is 3.25. The second-order valence-corrected chi connectivity index (χ2v) is 5.51. The molecule has 1 aromatic heterocycles. The van der Waals surface area contributed by atoms with E-state index in [2.05, 4.69) is 33.0 Å². The van der Waals surface area contributed by atoms with Gasteiger partial charge in [-0.25, -0.2) is 0 Å². The van der Waals surface area contributed by atoms with Gasteiger partial charge in [0.05, 0.1) is 21.4 Å². The lowest BCUT2D eigenvalue weighted by Gasteiger charge is -2.05. The summed E-state index contributed by atoms with van der Waals surface area (Å²) in [6.07, 6.45) is 4.91. The van der Waals surface area contributed by atoms with Crippen molar-refractivity contribution in [2.45, 2.75) is 19.4 Å². The van der Waals surface area contributed by atoms with Gasteiger partial charge in [-0.2, -0.15) is 10.4 Å². The van der Waals surface area contributed by atoms with Crippen LogP contribution < -0.4 is 5.32 Å². The van der Waals surface area contributed by atoms with Crippen molar-refractivity contribution in [3.05, 3.63) is 45.8 Å². The maximum Gasteiger partial charge on any atom is 0.224 e. The van der Waals surface area contributed by atoms with Gasteiger partial charge in [0.25, 0.3) is 0 Å². The number of carbonyl (C=O) groups is 1. The van der Waals surface area contributed by atoms with Gasteiger partial charge in [-0.3, -0.25) is 9.48 Å². The van der Waals surface area contributed by atoms with Gasteiger partial charge >= 0.3 is 0 Å². The van der Waals surface area contributed by atoms with Crippen LogP contribution in [0, 0.1) is 14.9 Å². The number of amides is 1. The molecule has 0 aliphatic carbocycles. The molecule has 5 nitrogen and oxygen atoms in total. The predicted molar refractivity (Wildman–Crippen MR) is 84.0 cm³/mol. The lowest BCUT2D eigenvalue weighted by molar-refractivity contribution is -0.116. The van der Waals surface area contributed by atoms with Gasteiger partial charge in [-0.05, 0) is 53.3 Å². The molecule has 1 aromatic carbocycles. The van der Waals surface area contributed by atoms with E-state index in [9.17, 15) is 4.79 Å². The van der Waals surface area contributed by atoms with E-state index in [0.29, 0.717) is 17.7 Å². The summed E-state index contributed by atoms with van der Waals surface area (Å²) >= 11 is 2.20. The van der Waals surface area contributed by atoms with Gasteiger partial charge in [0.2, 0.25) is 5.91 Å². The molecular weight excluding hydrogens is 367 g/mol. The second-order valence-electron chi connectivity index (χ2n) is 4.26. The first-order valence-corrected chi connectivity index (χ1v) is 7.23. The predicted octanol–water partition coefficient (Wildman–Crippen LogP) is 2.78. The second kappa shape index (κ2) is 7.05. The molecule has 0 saturated carbocycles. The highest BCUT2D eigenvalue weighted by molar-refractivity contribution is 14.1. The van der Waals surface area contributed by atoms with Gasteiger partial charge in [0, 0.05) is 24.8 Å². The first kappa shape index (κ1) is 14.5. The van der Waals surface area contributed by atoms with Gasteiger partial charge in [-0.15, -0.1) is 0 Å². The fraction of sp³-hybridized carbons (Fsp3) is 0.214. The lowest BCUT2D eigenvalue weighted by Crippen LogP contribution is -2.12. The molecule has 1 heterocycles. The Balaban J connectivity index is 1.76. The van der Waals surface area contributed by atoms with E-state index in [4.69, 9.17) is 5.26 Å². The first-order chi connectivity index (χ1) is 9.67. The van der Waals surface area contributed by atoms with Crippen molar-refractivity contribution in [2.75, 3.05) is 5.32 Å². The van der Waals surface area contributed by atoms with Crippen molar-refractivity contribution in [3.8, 4) is 6.07 Å². The van der Waals surface area contributed by atoms with Crippen LogP contribution in [0.3, 0.4) is 0 Å². The number of rotatable bonds is 5. The summed E-state index contributed by atoms with van der Waals surface area (Å²) in [5, 5.41) is 15.7. The average Bonchev–Trinajstić information content (AvgIpc) is 2.85. The number of carbonyl (C=O) groups excluding carboxylic acids is 1. The summed E-state index contributed by atoms with van der Waals surface area (Å²) in [6.45, 7) is 0.726. The molecule has 0 saturated heterocycles. The Bertz CT molecular complexity index is 627. The summed E-state index contributed by atoms with van der Waals surface area (Å²) in [5.41, 5.74) is 1.29. The molecule has 102 valence electrons. The molecule has 0 spiro atoms. The SMILES string of the molecule is N#Cc1ccc(NC(=O)CCCn2cc(I)cn2)cc1. The van der Waals surface area contributed by atoms with Gasteiger partial charge in [0.15, 0.2) is 0 Å². The van der Waals surface area contributed by atoms with Crippen LogP contribution in [0.1, 0.15) is 18.4 Å². The van der Waals surface area contributed by atoms with Crippen LogP contribution in [-0.4, -0.2) is 15.7 Å². The average molecular weight is 380 g/mol. The molecule has 0 aliphatic heterocycles. The van der Waals surface area contributed by atoms with Crippen molar-refractivity contribution in [1.82, 2.24) is 9.78 Å². The molecule has 0 aliphatic rings. The highest BCUT2D eigenvalue weighted by Gasteiger charge is 2.03. The molecular formula is C14H13IN4O. The maximum atomic E-state index is 11.8. The minimum absolute atomic E-state index is 0.0310. The van der Waals surface area contributed by atoms with E-state index in [1.807, 2.05) is 16.9 Å². The Morgan fingerprint density at radius 3 is 2.75 bits per heavy atom. The van der Waals surface area contributed by atoms with Crippen LogP contribution in [0.15, 0.2) is 36.7 Å². The molecule has 0 unspecified atom stereocenters. The summed E-state index contributed by atoms with van der Waals surface area (Å²) in [6, 6.07) is 8.86. The highest BCUT2D eigenvalue weighted by Crippen LogP contribution is 2.10. The molecule has 1 N–H and O–H groups in total. The number of hydrogen-bond acceptors (Lipinski definition) is 3. The standard InChI is InChI=1S/C14H13IN4O/c15-12-9-17-19(10-12)7-1-2-14(20)18-13-5-3-11(8-16)4-6-13/h3-6,9-10H,1-2,7H2,(H,18,20).